The van der Waals surface area contributed by atoms with Gasteiger partial charge in [-0.1, -0.05) is 29.8 Å². The van der Waals surface area contributed by atoms with Gasteiger partial charge in [-0.05, 0) is 49.7 Å². The largest absolute Gasteiger partial charge is 0.494 e. The number of amides is 1. The first kappa shape index (κ1) is 32.3. The molecule has 5 nitrogen and oxygen atoms in total. The van der Waals surface area contributed by atoms with E-state index < -0.39 is 65.2 Å². The van der Waals surface area contributed by atoms with E-state index in [1.54, 1.807) is 24.3 Å². The molecule has 0 saturated carbocycles. The summed E-state index contributed by atoms with van der Waals surface area (Å²) >= 11 is 0. The van der Waals surface area contributed by atoms with Crippen molar-refractivity contribution in [2.75, 3.05) is 12.4 Å². The number of aryl methyl sites for hydroxylation is 2. The molecule has 14 heteroatoms. The van der Waals surface area contributed by atoms with Gasteiger partial charge in [0, 0.05) is 23.1 Å². The van der Waals surface area contributed by atoms with E-state index in [0.29, 0.717) is 0 Å². The highest BCUT2D eigenvalue weighted by atomic mass is 19.4. The van der Waals surface area contributed by atoms with Crippen molar-refractivity contribution < 1.29 is 58.6 Å². The zero-order valence-electron chi connectivity index (χ0n) is 22.0. The highest BCUT2D eigenvalue weighted by Gasteiger charge is 2.73. The third kappa shape index (κ3) is 6.47. The average molecular weight is 607 g/mol. The Bertz CT molecular complexity index is 1450. The summed E-state index contributed by atoms with van der Waals surface area (Å²) in [6.45, 7) is -1.02. The van der Waals surface area contributed by atoms with Gasteiger partial charge in [0.05, 0.1) is 18.4 Å². The number of para-hydroxylation sites is 1. The van der Waals surface area contributed by atoms with Crippen LogP contribution in [0.3, 0.4) is 0 Å². The van der Waals surface area contributed by atoms with E-state index in [9.17, 15) is 49.1 Å². The van der Waals surface area contributed by atoms with E-state index in [-0.39, 0.29) is 34.7 Å². The van der Waals surface area contributed by atoms with Crippen LogP contribution in [0.2, 0.25) is 0 Å². The quantitative estimate of drug-likeness (QED) is 0.199. The Hall–Kier alpha value is -4.23. The van der Waals surface area contributed by atoms with Crippen LogP contribution in [0.1, 0.15) is 43.0 Å². The van der Waals surface area contributed by atoms with Crippen LogP contribution in [0.4, 0.5) is 45.2 Å². The summed E-state index contributed by atoms with van der Waals surface area (Å²) in [7, 11) is 1.16. The van der Waals surface area contributed by atoms with E-state index in [4.69, 9.17) is 4.74 Å². The Labute approximate surface area is 233 Å². The van der Waals surface area contributed by atoms with Crippen LogP contribution in [-0.4, -0.2) is 37.8 Å². The Kier molecular flexibility index (Phi) is 9.18. The van der Waals surface area contributed by atoms with Gasteiger partial charge in [-0.25, -0.2) is 4.39 Å². The normalized spacial score (nSPS) is 12.3. The first-order valence-electron chi connectivity index (χ1n) is 11.9. The van der Waals surface area contributed by atoms with Gasteiger partial charge in [0.25, 0.3) is 5.91 Å². The molecule has 0 aliphatic carbocycles. The smallest absolute Gasteiger partial charge is 0.435 e. The summed E-state index contributed by atoms with van der Waals surface area (Å²) in [5.41, 5.74) is -8.07. The molecule has 0 aliphatic rings. The average Bonchev–Trinajstić information content (AvgIpc) is 2.88. The summed E-state index contributed by atoms with van der Waals surface area (Å²) in [4.78, 5) is 25.9. The number of anilines is 1. The molecule has 1 N–H and O–H groups in total. The molecular formula is C28H22F9NO4. The molecule has 0 fully saturated rings. The standard InChI is InChI=1S/C28H22F9NO4/c1-14-7-9-16(10-8-14)24(40)38-20-6-4-5-18(23(20)41-3)21(39)13-19-15(2)11-17(12-22(19)42-25(29)30)26(31,27(32,33)34)28(35,36)37/h4-12,25H,13H2,1-3H3,(H,38,40). The molecule has 0 saturated heterocycles. The zero-order valence-corrected chi connectivity index (χ0v) is 22.0. The third-order valence-corrected chi connectivity index (χ3v) is 6.25. The molecule has 0 radical (unpaired) electrons. The predicted octanol–water partition coefficient (Wildman–Crippen LogP) is 7.88. The number of ketones is 1. The van der Waals surface area contributed by atoms with Gasteiger partial charge >= 0.3 is 24.6 Å². The highest BCUT2D eigenvalue weighted by Crippen LogP contribution is 2.54. The number of alkyl halides is 9. The van der Waals surface area contributed by atoms with Crippen LogP contribution in [0.5, 0.6) is 11.5 Å². The van der Waals surface area contributed by atoms with Crippen molar-refractivity contribution in [1.82, 2.24) is 0 Å². The Morgan fingerprint density at radius 1 is 0.881 bits per heavy atom. The highest BCUT2D eigenvalue weighted by molar-refractivity contribution is 6.07. The number of nitrogens with one attached hydrogen (secondary N) is 1. The predicted molar refractivity (Wildman–Crippen MR) is 133 cm³/mol. The molecule has 0 aliphatic heterocycles. The second kappa shape index (κ2) is 11.9. The first-order chi connectivity index (χ1) is 19.4. The molecule has 0 spiro atoms. The summed E-state index contributed by atoms with van der Waals surface area (Å²) in [6.07, 6.45) is -13.9. The minimum atomic E-state index is -6.51. The van der Waals surface area contributed by atoms with Crippen molar-refractivity contribution in [3.63, 3.8) is 0 Å². The van der Waals surface area contributed by atoms with Gasteiger partial charge in [0.15, 0.2) is 11.5 Å². The topological polar surface area (TPSA) is 64.6 Å². The van der Waals surface area contributed by atoms with Crippen molar-refractivity contribution in [2.24, 2.45) is 0 Å². The molecule has 0 bridgehead atoms. The van der Waals surface area contributed by atoms with Gasteiger partial charge in [-0.2, -0.15) is 35.1 Å². The molecule has 3 rings (SSSR count). The van der Waals surface area contributed by atoms with Crippen molar-refractivity contribution >= 4 is 17.4 Å². The lowest BCUT2D eigenvalue weighted by molar-refractivity contribution is -0.348. The molecule has 0 unspecified atom stereocenters. The van der Waals surface area contributed by atoms with Gasteiger partial charge in [-0.15, -0.1) is 0 Å². The molecule has 3 aromatic carbocycles. The number of halogens is 9. The van der Waals surface area contributed by atoms with E-state index >= 15 is 0 Å². The number of carbonyl (C=O) groups excluding carboxylic acids is 2. The number of hydrogen-bond acceptors (Lipinski definition) is 4. The van der Waals surface area contributed by atoms with Crippen molar-refractivity contribution in [3.8, 4) is 11.5 Å². The SMILES string of the molecule is COc1c(NC(=O)c2ccc(C)cc2)cccc1C(=O)Cc1c(C)cc(C(F)(C(F)(F)F)C(F)(F)F)cc1OC(F)F. The number of hydrogen-bond donors (Lipinski definition) is 1. The van der Waals surface area contributed by atoms with Gasteiger partial charge in [0.1, 0.15) is 5.75 Å². The maximum atomic E-state index is 14.7. The summed E-state index contributed by atoms with van der Waals surface area (Å²) in [6, 6.07) is 10.5. The second-order valence-electron chi connectivity index (χ2n) is 9.11. The zero-order chi connectivity index (χ0) is 31.6. The Balaban J connectivity index is 2.04. The van der Waals surface area contributed by atoms with Crippen LogP contribution >= 0.6 is 0 Å². The van der Waals surface area contributed by atoms with E-state index in [1.807, 2.05) is 6.92 Å². The molecule has 226 valence electrons. The van der Waals surface area contributed by atoms with Crippen molar-refractivity contribution in [2.45, 2.75) is 44.9 Å². The molecule has 0 aromatic heterocycles. The van der Waals surface area contributed by atoms with Gasteiger partial charge in [0.2, 0.25) is 0 Å². The Morgan fingerprint density at radius 2 is 1.48 bits per heavy atom. The summed E-state index contributed by atoms with van der Waals surface area (Å²) < 4.78 is 130. The fourth-order valence-corrected chi connectivity index (χ4v) is 4.13. The van der Waals surface area contributed by atoms with Gasteiger partial charge < -0.3 is 14.8 Å². The lowest BCUT2D eigenvalue weighted by Gasteiger charge is -2.31. The number of ether oxygens (including phenoxy) is 2. The second-order valence-corrected chi connectivity index (χ2v) is 9.11. The van der Waals surface area contributed by atoms with Crippen LogP contribution in [0.15, 0.2) is 54.6 Å². The number of carbonyl (C=O) groups is 2. The van der Waals surface area contributed by atoms with Crippen LogP contribution in [-0.2, 0) is 12.1 Å². The minimum Gasteiger partial charge on any atom is -0.494 e. The lowest BCUT2D eigenvalue weighted by atomic mass is 9.89. The van der Waals surface area contributed by atoms with Crippen LogP contribution in [0.25, 0.3) is 0 Å². The van der Waals surface area contributed by atoms with E-state index in [2.05, 4.69) is 10.1 Å². The van der Waals surface area contributed by atoms with E-state index in [0.717, 1.165) is 19.6 Å². The molecule has 0 atom stereocenters. The monoisotopic (exact) mass is 607 g/mol. The molecular weight excluding hydrogens is 585 g/mol. The minimum absolute atomic E-state index is 0.0302. The fourth-order valence-electron chi connectivity index (χ4n) is 4.13. The van der Waals surface area contributed by atoms with Crippen molar-refractivity contribution in [1.29, 1.82) is 0 Å². The summed E-state index contributed by atoms with van der Waals surface area (Å²) in [5, 5.41) is 2.56. The van der Waals surface area contributed by atoms with Crippen LogP contribution in [0, 0.1) is 13.8 Å². The number of Topliss-reactive ketones (excluding diaryl/α,β-unsaturated/α-hetero) is 1. The molecule has 1 amide bonds. The first-order valence-corrected chi connectivity index (χ1v) is 11.9. The number of methoxy groups -OCH3 is 1. The maximum absolute atomic E-state index is 14.7. The number of benzene rings is 3. The molecule has 42 heavy (non-hydrogen) atoms. The Morgan fingerprint density at radius 3 is 2.00 bits per heavy atom. The van der Waals surface area contributed by atoms with Gasteiger partial charge in [-0.3, -0.25) is 9.59 Å². The summed E-state index contributed by atoms with van der Waals surface area (Å²) in [5.74, 6) is -2.88. The van der Waals surface area contributed by atoms with Crippen LogP contribution < -0.4 is 14.8 Å². The molecule has 0 heterocycles. The van der Waals surface area contributed by atoms with E-state index in [1.165, 1.54) is 18.2 Å². The number of rotatable bonds is 9. The lowest BCUT2D eigenvalue weighted by Crippen LogP contribution is -2.50. The third-order valence-electron chi connectivity index (χ3n) is 6.25. The maximum Gasteiger partial charge on any atom is 0.435 e. The molecule has 3 aromatic rings. The fraction of sp³-hybridized carbons (Fsp3) is 0.286. The van der Waals surface area contributed by atoms with Crippen molar-refractivity contribution in [3.05, 3.63) is 88.0 Å².